The van der Waals surface area contributed by atoms with Crippen molar-refractivity contribution in [3.8, 4) is 17.0 Å². The van der Waals surface area contributed by atoms with E-state index in [9.17, 15) is 13.2 Å². The van der Waals surface area contributed by atoms with Gasteiger partial charge in [-0.2, -0.15) is 0 Å². The van der Waals surface area contributed by atoms with E-state index in [1.807, 2.05) is 60.5 Å². The molecule has 1 fully saturated rings. The number of hydrogen-bond donors (Lipinski definition) is 0. The molecule has 3 aromatic carbocycles. The van der Waals surface area contributed by atoms with Gasteiger partial charge in [0.25, 0.3) is 5.91 Å². The highest BCUT2D eigenvalue weighted by Crippen LogP contribution is 2.47. The molecule has 242 valence electrons. The fraction of sp³-hybridized carbons (Fsp3) is 0.432. The Balaban J connectivity index is 1.43. The minimum absolute atomic E-state index is 0.00459. The van der Waals surface area contributed by atoms with Gasteiger partial charge in [-0.1, -0.05) is 67.8 Å². The predicted molar refractivity (Wildman–Crippen MR) is 183 cm³/mol. The molecule has 1 aromatic heterocycles. The maximum Gasteiger partial charge on any atom is 0.267 e. The maximum absolute atomic E-state index is 14.4. The molecule has 1 amide bonds. The Morgan fingerprint density at radius 2 is 1.57 bits per heavy atom. The predicted octanol–water partition coefficient (Wildman–Crippen LogP) is 5.97. The zero-order valence-electron chi connectivity index (χ0n) is 26.9. The second-order valence-corrected chi connectivity index (χ2v) is 15.4. The summed E-state index contributed by atoms with van der Waals surface area (Å²) in [5.41, 5.74) is 5.74. The summed E-state index contributed by atoms with van der Waals surface area (Å²) in [6, 6.07) is 23.6. The monoisotopic (exact) mass is 640 g/mol. The lowest BCUT2D eigenvalue weighted by Crippen LogP contribution is -2.42. The van der Waals surface area contributed by atoms with Gasteiger partial charge < -0.3 is 19.1 Å². The second-order valence-electron chi connectivity index (χ2n) is 13.4. The van der Waals surface area contributed by atoms with Gasteiger partial charge in [-0.15, -0.1) is 0 Å². The standard InChI is InChI=1S/C37H44N4O4S/c1-38-19-20-39(2)25-30-26-40-33-23-29(37(42)41(46(43,44)22-21-38)24-27-11-5-3-6-12-27)17-18-31(33)35(28-13-7-4-8-14-28)36(40)32-15-9-10-16-34(32)45-30/h3,5-6,9-12,15-18,23,28,30H,4,7-8,13-14,19-22,24-26H2,1-2H3. The van der Waals surface area contributed by atoms with E-state index in [-0.39, 0.29) is 18.4 Å². The zero-order valence-corrected chi connectivity index (χ0v) is 27.7. The summed E-state index contributed by atoms with van der Waals surface area (Å²) >= 11 is 0. The van der Waals surface area contributed by atoms with Crippen LogP contribution in [0.15, 0.2) is 72.8 Å². The molecule has 4 bridgehead atoms. The molecule has 8 nitrogen and oxygen atoms in total. The first-order chi connectivity index (χ1) is 22.3. The molecular weight excluding hydrogens is 596 g/mol. The van der Waals surface area contributed by atoms with Crippen LogP contribution in [0.25, 0.3) is 22.2 Å². The Bertz CT molecular complexity index is 1830. The van der Waals surface area contributed by atoms with E-state index < -0.39 is 15.9 Å². The third-order valence-electron chi connectivity index (χ3n) is 10.0. The van der Waals surface area contributed by atoms with Crippen LogP contribution in [-0.2, 0) is 23.1 Å². The van der Waals surface area contributed by atoms with E-state index in [1.54, 1.807) is 0 Å². The molecule has 1 atom stereocenters. The van der Waals surface area contributed by atoms with Crippen molar-refractivity contribution in [3.63, 3.8) is 0 Å². The van der Waals surface area contributed by atoms with Crippen LogP contribution in [-0.4, -0.2) is 85.1 Å². The van der Waals surface area contributed by atoms with E-state index in [2.05, 4.69) is 40.8 Å². The van der Waals surface area contributed by atoms with Crippen LogP contribution in [0.2, 0.25) is 0 Å². The van der Waals surface area contributed by atoms with Crippen molar-refractivity contribution in [1.29, 1.82) is 0 Å². The largest absolute Gasteiger partial charge is 0.487 e. The third-order valence-corrected chi connectivity index (χ3v) is 11.7. The van der Waals surface area contributed by atoms with Crippen LogP contribution >= 0.6 is 0 Å². The number of para-hydroxylation sites is 1. The van der Waals surface area contributed by atoms with Crippen LogP contribution in [0.4, 0.5) is 0 Å². The van der Waals surface area contributed by atoms with E-state index in [1.165, 1.54) is 30.5 Å². The highest BCUT2D eigenvalue weighted by molar-refractivity contribution is 7.89. The fourth-order valence-electron chi connectivity index (χ4n) is 7.54. The van der Waals surface area contributed by atoms with E-state index in [0.717, 1.165) is 58.0 Å². The Labute approximate surface area is 272 Å². The van der Waals surface area contributed by atoms with Gasteiger partial charge in [-0.05, 0) is 68.2 Å². The van der Waals surface area contributed by atoms with Crippen molar-refractivity contribution >= 4 is 26.8 Å². The van der Waals surface area contributed by atoms with Gasteiger partial charge in [0.1, 0.15) is 11.9 Å². The van der Waals surface area contributed by atoms with E-state index >= 15 is 0 Å². The summed E-state index contributed by atoms with van der Waals surface area (Å²) in [6.45, 7) is 3.15. The van der Waals surface area contributed by atoms with Crippen molar-refractivity contribution in [1.82, 2.24) is 18.7 Å². The minimum atomic E-state index is -3.92. The van der Waals surface area contributed by atoms with E-state index in [0.29, 0.717) is 31.1 Å². The van der Waals surface area contributed by atoms with Crippen molar-refractivity contribution in [3.05, 3.63) is 89.5 Å². The number of benzene rings is 3. The molecule has 0 N–H and O–H groups in total. The molecule has 0 radical (unpaired) electrons. The summed E-state index contributed by atoms with van der Waals surface area (Å²) in [7, 11) is 0.125. The molecule has 7 rings (SSSR count). The number of ether oxygens (including phenoxy) is 1. The number of sulfonamides is 1. The number of carbonyl (C=O) groups is 1. The third kappa shape index (κ3) is 6.08. The summed E-state index contributed by atoms with van der Waals surface area (Å²) < 4.78 is 38.1. The van der Waals surface area contributed by atoms with Gasteiger partial charge in [0.15, 0.2) is 0 Å². The molecule has 3 aliphatic rings. The highest BCUT2D eigenvalue weighted by Gasteiger charge is 2.34. The average molecular weight is 641 g/mol. The van der Waals surface area contributed by atoms with Gasteiger partial charge in [-0.25, -0.2) is 12.7 Å². The first-order valence-corrected chi connectivity index (χ1v) is 18.3. The Hall–Kier alpha value is -3.66. The van der Waals surface area contributed by atoms with Crippen molar-refractivity contribution < 1.29 is 17.9 Å². The van der Waals surface area contributed by atoms with E-state index in [4.69, 9.17) is 4.74 Å². The minimum Gasteiger partial charge on any atom is -0.487 e. The molecule has 3 heterocycles. The Morgan fingerprint density at radius 3 is 2.37 bits per heavy atom. The first-order valence-electron chi connectivity index (χ1n) is 16.7. The number of rotatable bonds is 3. The van der Waals surface area contributed by atoms with Crippen molar-refractivity contribution in [2.45, 2.75) is 57.2 Å². The lowest BCUT2D eigenvalue weighted by atomic mass is 9.81. The molecule has 2 aliphatic heterocycles. The summed E-state index contributed by atoms with van der Waals surface area (Å²) in [5, 5.41) is 1.16. The Kier molecular flexibility index (Phi) is 8.65. The highest BCUT2D eigenvalue weighted by atomic mass is 32.2. The van der Waals surface area contributed by atoms with Crippen LogP contribution in [0.1, 0.15) is 59.5 Å². The molecule has 1 unspecified atom stereocenters. The van der Waals surface area contributed by atoms with Gasteiger partial charge in [-0.3, -0.25) is 4.79 Å². The topological polar surface area (TPSA) is 75.1 Å². The van der Waals surface area contributed by atoms with Crippen LogP contribution < -0.4 is 4.74 Å². The molecule has 0 saturated heterocycles. The molecular formula is C37H44N4O4S. The van der Waals surface area contributed by atoms with Gasteiger partial charge in [0.05, 0.1) is 24.5 Å². The van der Waals surface area contributed by atoms with Crippen LogP contribution in [0.5, 0.6) is 5.75 Å². The number of hydrogen-bond acceptors (Lipinski definition) is 6. The SMILES string of the molecule is CN1CCN(C)CC2Cn3c(c(C4CCCCC4)c4ccc(cc43)C(=O)N(Cc3ccccc3)S(=O)(=O)CC1)-c1ccccc1O2. The van der Waals surface area contributed by atoms with Crippen LogP contribution in [0.3, 0.4) is 0 Å². The molecule has 0 spiro atoms. The molecule has 9 heteroatoms. The average Bonchev–Trinajstić information content (AvgIpc) is 3.29. The lowest BCUT2D eigenvalue weighted by Gasteiger charge is -2.28. The maximum atomic E-state index is 14.4. The number of fused-ring (bicyclic) bond motifs is 4. The smallest absolute Gasteiger partial charge is 0.267 e. The first kappa shape index (κ1) is 31.0. The Morgan fingerprint density at radius 1 is 0.826 bits per heavy atom. The number of carbonyl (C=O) groups excluding carboxylic acids is 1. The van der Waals surface area contributed by atoms with Gasteiger partial charge in [0, 0.05) is 48.2 Å². The molecule has 1 aliphatic carbocycles. The lowest BCUT2D eigenvalue weighted by molar-refractivity contribution is 0.0854. The van der Waals surface area contributed by atoms with Gasteiger partial charge >= 0.3 is 0 Å². The molecule has 4 aromatic rings. The fourth-order valence-corrected chi connectivity index (χ4v) is 9.00. The number of amides is 1. The summed E-state index contributed by atoms with van der Waals surface area (Å²) in [5.74, 6) is 0.685. The van der Waals surface area contributed by atoms with Gasteiger partial charge in [0.2, 0.25) is 10.0 Å². The quantitative estimate of drug-likeness (QED) is 0.275. The van der Waals surface area contributed by atoms with Crippen molar-refractivity contribution in [2.24, 2.45) is 0 Å². The summed E-state index contributed by atoms with van der Waals surface area (Å²) in [6.07, 6.45) is 5.85. The number of aromatic nitrogens is 1. The van der Waals surface area contributed by atoms with Crippen LogP contribution in [0, 0.1) is 0 Å². The second kappa shape index (κ2) is 12.9. The number of nitrogens with zero attached hydrogens (tertiary/aromatic N) is 4. The van der Waals surface area contributed by atoms with Crippen molar-refractivity contribution in [2.75, 3.05) is 46.0 Å². The molecule has 46 heavy (non-hydrogen) atoms. The normalized spacial score (nSPS) is 21.7. The molecule has 1 saturated carbocycles. The number of likely N-dealkylation sites (N-methyl/N-ethyl adjacent to an activating group) is 2. The zero-order chi connectivity index (χ0) is 31.8. The summed E-state index contributed by atoms with van der Waals surface area (Å²) in [4.78, 5) is 18.7.